The highest BCUT2D eigenvalue weighted by molar-refractivity contribution is 4.99. The van der Waals surface area contributed by atoms with Crippen LogP contribution in [0.2, 0.25) is 0 Å². The van der Waals surface area contributed by atoms with Gasteiger partial charge in [-0.25, -0.2) is 0 Å². The highest BCUT2D eigenvalue weighted by Crippen LogP contribution is 1.92. The number of aryl methyl sites for hydroxylation is 1. The van der Waals surface area contributed by atoms with Gasteiger partial charge >= 0.3 is 0 Å². The first-order valence-electron chi connectivity index (χ1n) is 3.46. The predicted octanol–water partition coefficient (Wildman–Crippen LogP) is 0.411. The van der Waals surface area contributed by atoms with Gasteiger partial charge in [0.1, 0.15) is 0 Å². The summed E-state index contributed by atoms with van der Waals surface area (Å²) in [7, 11) is 1.94. The second-order valence-corrected chi connectivity index (χ2v) is 2.38. The van der Waals surface area contributed by atoms with Crippen LogP contribution in [0.15, 0.2) is 12.4 Å². The molecule has 0 spiro atoms. The summed E-state index contributed by atoms with van der Waals surface area (Å²) in [4.78, 5) is 0. The highest BCUT2D eigenvalue weighted by atomic mass is 15.3. The van der Waals surface area contributed by atoms with Crippen LogP contribution in [0.25, 0.3) is 0 Å². The Balaban J connectivity index is 2.42. The van der Waals surface area contributed by atoms with Crippen molar-refractivity contribution in [3.05, 3.63) is 18.0 Å². The molecule has 0 atom stereocenters. The summed E-state index contributed by atoms with van der Waals surface area (Å²) in [5.41, 5.74) is 1.22. The number of aromatic nitrogens is 2. The van der Waals surface area contributed by atoms with Crippen LogP contribution >= 0.6 is 0 Å². The lowest BCUT2D eigenvalue weighted by atomic mass is 10.4. The van der Waals surface area contributed by atoms with Crippen LogP contribution in [-0.2, 0) is 6.54 Å². The van der Waals surface area contributed by atoms with Crippen LogP contribution in [-0.4, -0.2) is 23.4 Å². The quantitative estimate of drug-likeness (QED) is 0.657. The zero-order valence-corrected chi connectivity index (χ0v) is 6.46. The predicted molar refractivity (Wildman–Crippen MR) is 40.9 cm³/mol. The molecule has 10 heavy (non-hydrogen) atoms. The third-order valence-electron chi connectivity index (χ3n) is 1.35. The number of hydrogen-bond donors (Lipinski definition) is 1. The van der Waals surface area contributed by atoms with Crippen molar-refractivity contribution in [2.24, 2.45) is 0 Å². The van der Waals surface area contributed by atoms with Gasteiger partial charge in [-0.1, -0.05) is 0 Å². The fraction of sp³-hybridized carbons (Fsp3) is 0.571. The Morgan fingerprint density at radius 2 is 2.50 bits per heavy atom. The third-order valence-corrected chi connectivity index (χ3v) is 1.35. The van der Waals surface area contributed by atoms with E-state index in [2.05, 4.69) is 10.4 Å². The van der Waals surface area contributed by atoms with Gasteiger partial charge < -0.3 is 5.32 Å². The Kier molecular flexibility index (Phi) is 2.45. The highest BCUT2D eigenvalue weighted by Gasteiger charge is 1.90. The van der Waals surface area contributed by atoms with Crippen LogP contribution in [0, 0.1) is 6.92 Å². The van der Waals surface area contributed by atoms with Gasteiger partial charge in [0, 0.05) is 12.7 Å². The molecule has 0 aromatic carbocycles. The molecule has 1 heterocycles. The summed E-state index contributed by atoms with van der Waals surface area (Å²) in [6.45, 7) is 3.97. The molecule has 0 amide bonds. The molecular weight excluding hydrogens is 126 g/mol. The fourth-order valence-corrected chi connectivity index (χ4v) is 0.816. The Morgan fingerprint density at radius 3 is 3.00 bits per heavy atom. The monoisotopic (exact) mass is 139 g/mol. The van der Waals surface area contributed by atoms with Crippen molar-refractivity contribution in [1.29, 1.82) is 0 Å². The summed E-state index contributed by atoms with van der Waals surface area (Å²) in [6.07, 6.45) is 3.91. The maximum absolute atomic E-state index is 4.13. The van der Waals surface area contributed by atoms with Gasteiger partial charge in [-0.15, -0.1) is 0 Å². The average molecular weight is 139 g/mol. The molecule has 0 bridgehead atoms. The first-order valence-corrected chi connectivity index (χ1v) is 3.46. The van der Waals surface area contributed by atoms with E-state index in [9.17, 15) is 0 Å². The molecule has 1 rings (SSSR count). The first kappa shape index (κ1) is 7.28. The molecule has 0 saturated heterocycles. The molecule has 0 saturated carbocycles. The number of hydrogen-bond acceptors (Lipinski definition) is 2. The van der Waals surface area contributed by atoms with E-state index >= 15 is 0 Å². The zero-order chi connectivity index (χ0) is 7.40. The molecule has 3 heteroatoms. The van der Waals surface area contributed by atoms with Crippen LogP contribution in [0.4, 0.5) is 0 Å². The van der Waals surface area contributed by atoms with E-state index < -0.39 is 0 Å². The van der Waals surface area contributed by atoms with Gasteiger partial charge in [0.15, 0.2) is 0 Å². The van der Waals surface area contributed by atoms with Crippen molar-refractivity contribution in [3.8, 4) is 0 Å². The van der Waals surface area contributed by atoms with Crippen molar-refractivity contribution in [2.75, 3.05) is 13.6 Å². The standard InChI is InChI=1S/C7H13N3/c1-7-5-9-10(6-7)4-3-8-2/h5-6,8H,3-4H2,1-2H3. The summed E-state index contributed by atoms with van der Waals surface area (Å²) in [6, 6.07) is 0. The van der Waals surface area contributed by atoms with Crippen LogP contribution in [0.3, 0.4) is 0 Å². The minimum absolute atomic E-state index is 0.949. The Bertz CT molecular complexity index is 192. The molecule has 3 nitrogen and oxygen atoms in total. The van der Waals surface area contributed by atoms with E-state index in [-0.39, 0.29) is 0 Å². The normalized spacial score (nSPS) is 10.2. The maximum atomic E-state index is 4.13. The maximum Gasteiger partial charge on any atom is 0.0533 e. The van der Waals surface area contributed by atoms with E-state index in [0.717, 1.165) is 13.1 Å². The molecule has 0 aliphatic carbocycles. The first-order chi connectivity index (χ1) is 4.83. The topological polar surface area (TPSA) is 29.9 Å². The Morgan fingerprint density at radius 1 is 1.70 bits per heavy atom. The van der Waals surface area contributed by atoms with Crippen LogP contribution in [0.1, 0.15) is 5.56 Å². The van der Waals surface area contributed by atoms with Gasteiger partial charge in [-0.2, -0.15) is 5.10 Å². The lowest BCUT2D eigenvalue weighted by Crippen LogP contribution is -2.14. The van der Waals surface area contributed by atoms with Crippen molar-refractivity contribution < 1.29 is 0 Å². The SMILES string of the molecule is CNCCn1cc(C)cn1. The summed E-state index contributed by atoms with van der Waals surface area (Å²) < 4.78 is 1.94. The van der Waals surface area contributed by atoms with E-state index in [1.807, 2.05) is 31.0 Å². The molecule has 0 aliphatic rings. The number of nitrogens with zero attached hydrogens (tertiary/aromatic N) is 2. The average Bonchev–Trinajstić information content (AvgIpc) is 2.31. The summed E-state index contributed by atoms with van der Waals surface area (Å²) >= 11 is 0. The molecule has 1 aromatic rings. The summed E-state index contributed by atoms with van der Waals surface area (Å²) in [5, 5.41) is 7.19. The molecule has 0 unspecified atom stereocenters. The molecule has 0 radical (unpaired) electrons. The number of rotatable bonds is 3. The van der Waals surface area contributed by atoms with Gasteiger partial charge in [0.05, 0.1) is 12.7 Å². The molecular formula is C7H13N3. The largest absolute Gasteiger partial charge is 0.318 e. The molecule has 56 valence electrons. The van der Waals surface area contributed by atoms with E-state index in [1.165, 1.54) is 5.56 Å². The minimum atomic E-state index is 0.949. The van der Waals surface area contributed by atoms with Crippen molar-refractivity contribution in [1.82, 2.24) is 15.1 Å². The number of nitrogens with one attached hydrogen (secondary N) is 1. The van der Waals surface area contributed by atoms with Crippen molar-refractivity contribution >= 4 is 0 Å². The van der Waals surface area contributed by atoms with Gasteiger partial charge in [0.25, 0.3) is 0 Å². The van der Waals surface area contributed by atoms with E-state index in [4.69, 9.17) is 0 Å². The smallest absolute Gasteiger partial charge is 0.0533 e. The van der Waals surface area contributed by atoms with E-state index in [0.29, 0.717) is 0 Å². The molecule has 1 N–H and O–H groups in total. The fourth-order valence-electron chi connectivity index (χ4n) is 0.816. The second-order valence-electron chi connectivity index (χ2n) is 2.38. The third kappa shape index (κ3) is 1.84. The zero-order valence-electron chi connectivity index (χ0n) is 6.46. The van der Waals surface area contributed by atoms with Crippen LogP contribution in [0.5, 0.6) is 0 Å². The van der Waals surface area contributed by atoms with Crippen LogP contribution < -0.4 is 5.32 Å². The Hall–Kier alpha value is -0.830. The Labute approximate surface area is 61.0 Å². The lowest BCUT2D eigenvalue weighted by molar-refractivity contribution is 0.584. The van der Waals surface area contributed by atoms with Crippen molar-refractivity contribution in [3.63, 3.8) is 0 Å². The van der Waals surface area contributed by atoms with Crippen molar-refractivity contribution in [2.45, 2.75) is 13.5 Å². The molecule has 1 aromatic heterocycles. The van der Waals surface area contributed by atoms with Gasteiger partial charge in [0.2, 0.25) is 0 Å². The lowest BCUT2D eigenvalue weighted by Gasteiger charge is -1.97. The second kappa shape index (κ2) is 3.37. The van der Waals surface area contributed by atoms with E-state index in [1.54, 1.807) is 0 Å². The molecule has 0 aliphatic heterocycles. The van der Waals surface area contributed by atoms with Gasteiger partial charge in [-0.05, 0) is 19.5 Å². The molecule has 0 fully saturated rings. The number of likely N-dealkylation sites (N-methyl/N-ethyl adjacent to an activating group) is 1. The summed E-state index contributed by atoms with van der Waals surface area (Å²) in [5.74, 6) is 0. The van der Waals surface area contributed by atoms with Gasteiger partial charge in [-0.3, -0.25) is 4.68 Å². The minimum Gasteiger partial charge on any atom is -0.318 e.